The van der Waals surface area contributed by atoms with Crippen LogP contribution in [-0.2, 0) is 13.0 Å². The van der Waals surface area contributed by atoms with Crippen LogP contribution in [0.25, 0.3) is 11.0 Å². The Balaban J connectivity index is 1.66. The Kier molecular flexibility index (Phi) is 4.32. The summed E-state index contributed by atoms with van der Waals surface area (Å²) in [6.07, 6.45) is 5.69. The summed E-state index contributed by atoms with van der Waals surface area (Å²) in [5, 5.41) is 19.8. The zero-order valence-corrected chi connectivity index (χ0v) is 13.9. The van der Waals surface area contributed by atoms with Crippen LogP contribution in [0.5, 0.6) is 0 Å². The minimum Gasteiger partial charge on any atom is -0.395 e. The average molecular weight is 352 g/mol. The zero-order valence-electron chi connectivity index (χ0n) is 13.9. The van der Waals surface area contributed by atoms with Crippen molar-refractivity contribution in [1.82, 2.24) is 24.7 Å². The van der Waals surface area contributed by atoms with Crippen molar-refractivity contribution in [2.45, 2.75) is 13.0 Å². The molecule has 3 aromatic heterocycles. The third-order valence-corrected chi connectivity index (χ3v) is 4.07. The second kappa shape index (κ2) is 6.93. The Bertz CT molecular complexity index is 1040. The predicted molar refractivity (Wildman–Crippen MR) is 95.7 cm³/mol. The maximum Gasteiger partial charge on any atom is 0.229 e. The summed E-state index contributed by atoms with van der Waals surface area (Å²) in [5.74, 6) is 0.133. The van der Waals surface area contributed by atoms with E-state index in [0.29, 0.717) is 35.8 Å². The molecule has 0 aliphatic heterocycles. The molecule has 0 radical (unpaired) electrons. The first-order valence-electron chi connectivity index (χ1n) is 8.20. The summed E-state index contributed by atoms with van der Waals surface area (Å²) < 4.78 is 15.9. The standard InChI is InChI=1S/C18H17FN6O/c19-15-4-2-1-3-12(15)9-16-14-10-20-24-17(14)23-18(22-16)21-13-5-6-25(11-13)7-8-26/h1-6,10-11,26H,7-9H2,(H2,20,21,22,23,24). The van der Waals surface area contributed by atoms with E-state index in [9.17, 15) is 4.39 Å². The highest BCUT2D eigenvalue weighted by Crippen LogP contribution is 2.22. The lowest BCUT2D eigenvalue weighted by Crippen LogP contribution is -2.03. The van der Waals surface area contributed by atoms with Gasteiger partial charge in [0, 0.05) is 25.4 Å². The molecule has 0 aliphatic carbocycles. The van der Waals surface area contributed by atoms with Crippen LogP contribution in [0.4, 0.5) is 16.0 Å². The van der Waals surface area contributed by atoms with E-state index >= 15 is 0 Å². The Labute approximate surface area is 148 Å². The Morgan fingerprint density at radius 3 is 2.92 bits per heavy atom. The normalized spacial score (nSPS) is 11.2. The minimum atomic E-state index is -0.265. The number of fused-ring (bicyclic) bond motifs is 1. The van der Waals surface area contributed by atoms with Gasteiger partial charge in [-0.25, -0.2) is 9.37 Å². The Morgan fingerprint density at radius 1 is 1.19 bits per heavy atom. The average Bonchev–Trinajstić information content (AvgIpc) is 3.27. The zero-order chi connectivity index (χ0) is 17.9. The van der Waals surface area contributed by atoms with Crippen LogP contribution in [0.1, 0.15) is 11.3 Å². The number of hydrogen-bond acceptors (Lipinski definition) is 5. The van der Waals surface area contributed by atoms with E-state index in [-0.39, 0.29) is 12.4 Å². The van der Waals surface area contributed by atoms with Crippen molar-refractivity contribution >= 4 is 22.7 Å². The molecule has 0 atom stereocenters. The molecule has 0 saturated heterocycles. The second-order valence-corrected chi connectivity index (χ2v) is 5.88. The molecule has 0 aliphatic rings. The van der Waals surface area contributed by atoms with E-state index in [0.717, 1.165) is 11.1 Å². The van der Waals surface area contributed by atoms with E-state index in [1.165, 1.54) is 6.07 Å². The van der Waals surface area contributed by atoms with Crippen LogP contribution in [0.3, 0.4) is 0 Å². The Hall–Kier alpha value is -3.26. The van der Waals surface area contributed by atoms with Crippen LogP contribution in [0.15, 0.2) is 48.9 Å². The lowest BCUT2D eigenvalue weighted by Gasteiger charge is -2.08. The molecule has 0 amide bonds. The largest absolute Gasteiger partial charge is 0.395 e. The molecule has 0 fully saturated rings. The number of aromatic amines is 1. The second-order valence-electron chi connectivity index (χ2n) is 5.88. The van der Waals surface area contributed by atoms with Gasteiger partial charge in [0.1, 0.15) is 5.82 Å². The number of aliphatic hydroxyl groups excluding tert-OH is 1. The van der Waals surface area contributed by atoms with E-state index in [1.54, 1.807) is 24.4 Å². The number of nitrogens with one attached hydrogen (secondary N) is 2. The summed E-state index contributed by atoms with van der Waals surface area (Å²) in [6, 6.07) is 8.51. The number of H-pyrrole nitrogens is 1. The number of benzene rings is 1. The van der Waals surface area contributed by atoms with E-state index in [1.807, 2.05) is 23.0 Å². The van der Waals surface area contributed by atoms with Gasteiger partial charge >= 0.3 is 0 Å². The smallest absolute Gasteiger partial charge is 0.229 e. The highest BCUT2D eigenvalue weighted by atomic mass is 19.1. The van der Waals surface area contributed by atoms with E-state index < -0.39 is 0 Å². The van der Waals surface area contributed by atoms with Crippen molar-refractivity contribution in [3.63, 3.8) is 0 Å². The number of halogens is 1. The van der Waals surface area contributed by atoms with Crippen molar-refractivity contribution in [2.75, 3.05) is 11.9 Å². The van der Waals surface area contributed by atoms with Crippen molar-refractivity contribution in [1.29, 1.82) is 0 Å². The number of nitrogens with zero attached hydrogens (tertiary/aromatic N) is 4. The molecule has 0 unspecified atom stereocenters. The summed E-state index contributed by atoms with van der Waals surface area (Å²) in [5.41, 5.74) is 2.64. The lowest BCUT2D eigenvalue weighted by atomic mass is 10.1. The lowest BCUT2D eigenvalue weighted by molar-refractivity contribution is 0.276. The topological polar surface area (TPSA) is 91.6 Å². The number of aliphatic hydroxyl groups is 1. The summed E-state index contributed by atoms with van der Waals surface area (Å²) >= 11 is 0. The fourth-order valence-corrected chi connectivity index (χ4v) is 2.81. The van der Waals surface area contributed by atoms with Crippen molar-refractivity contribution in [2.24, 2.45) is 0 Å². The molecule has 3 heterocycles. The van der Waals surface area contributed by atoms with Crippen molar-refractivity contribution in [3.8, 4) is 0 Å². The number of hydrogen-bond donors (Lipinski definition) is 3. The Morgan fingerprint density at radius 2 is 2.08 bits per heavy atom. The maximum absolute atomic E-state index is 14.0. The molecular weight excluding hydrogens is 335 g/mol. The summed E-state index contributed by atoms with van der Waals surface area (Å²) in [7, 11) is 0. The van der Waals surface area contributed by atoms with Gasteiger partial charge in [0.15, 0.2) is 5.65 Å². The first-order valence-corrected chi connectivity index (χ1v) is 8.20. The van der Waals surface area contributed by atoms with Gasteiger partial charge in [-0.1, -0.05) is 18.2 Å². The fraction of sp³-hybridized carbons (Fsp3) is 0.167. The van der Waals surface area contributed by atoms with Gasteiger partial charge in [0.2, 0.25) is 5.95 Å². The number of anilines is 2. The summed E-state index contributed by atoms with van der Waals surface area (Å²) in [4.78, 5) is 8.97. The maximum atomic E-state index is 14.0. The van der Waals surface area contributed by atoms with Gasteiger partial charge in [0.25, 0.3) is 0 Å². The first kappa shape index (κ1) is 16.2. The SMILES string of the molecule is OCCn1ccc(Nc2nc(Cc3ccccc3F)c3cn[nH]c3n2)c1. The minimum absolute atomic E-state index is 0.0670. The molecule has 0 bridgehead atoms. The van der Waals surface area contributed by atoms with Crippen molar-refractivity contribution < 1.29 is 9.50 Å². The molecule has 3 N–H and O–H groups in total. The third kappa shape index (κ3) is 3.27. The first-order chi connectivity index (χ1) is 12.7. The van der Waals surface area contributed by atoms with Crippen LogP contribution in [0, 0.1) is 5.82 Å². The monoisotopic (exact) mass is 352 g/mol. The molecule has 4 aromatic rings. The molecule has 4 rings (SSSR count). The van der Waals surface area contributed by atoms with Crippen LogP contribution in [0.2, 0.25) is 0 Å². The number of rotatable bonds is 6. The molecule has 0 saturated carbocycles. The predicted octanol–water partition coefficient (Wildman–Crippen LogP) is 2.62. The molecule has 8 heteroatoms. The van der Waals surface area contributed by atoms with Gasteiger partial charge in [-0.2, -0.15) is 10.1 Å². The molecule has 0 spiro atoms. The van der Waals surface area contributed by atoms with Gasteiger partial charge in [0.05, 0.1) is 29.6 Å². The third-order valence-electron chi connectivity index (χ3n) is 4.07. The van der Waals surface area contributed by atoms with E-state index in [2.05, 4.69) is 25.5 Å². The molecule has 7 nitrogen and oxygen atoms in total. The van der Waals surface area contributed by atoms with Crippen molar-refractivity contribution in [3.05, 3.63) is 66.0 Å². The number of aromatic nitrogens is 5. The quantitative estimate of drug-likeness (QED) is 0.496. The van der Waals surface area contributed by atoms with Gasteiger partial charge in [-0.15, -0.1) is 0 Å². The van der Waals surface area contributed by atoms with Crippen LogP contribution >= 0.6 is 0 Å². The van der Waals surface area contributed by atoms with Gasteiger partial charge < -0.3 is 15.0 Å². The highest BCUT2D eigenvalue weighted by molar-refractivity contribution is 5.78. The molecule has 1 aromatic carbocycles. The van der Waals surface area contributed by atoms with E-state index in [4.69, 9.17) is 5.11 Å². The van der Waals surface area contributed by atoms with Gasteiger partial charge in [-0.3, -0.25) is 5.10 Å². The fourth-order valence-electron chi connectivity index (χ4n) is 2.81. The molecular formula is C18H17FN6O. The molecule has 132 valence electrons. The summed E-state index contributed by atoms with van der Waals surface area (Å²) in [6.45, 7) is 0.582. The highest BCUT2D eigenvalue weighted by Gasteiger charge is 2.12. The van der Waals surface area contributed by atoms with Crippen LogP contribution < -0.4 is 5.32 Å². The molecule has 26 heavy (non-hydrogen) atoms. The van der Waals surface area contributed by atoms with Gasteiger partial charge in [-0.05, 0) is 17.7 Å². The van der Waals surface area contributed by atoms with Crippen LogP contribution in [-0.4, -0.2) is 36.4 Å².